The minimum atomic E-state index is -1.04. The molecular formula is C30H56N8O10. The molecule has 1 saturated heterocycles. The highest BCUT2D eigenvalue weighted by Crippen LogP contribution is 2.10. The average Bonchev–Trinajstić information content (AvgIpc) is 2.98. The fourth-order valence-corrected chi connectivity index (χ4v) is 4.58. The molecular weight excluding hydrogens is 632 g/mol. The van der Waals surface area contributed by atoms with Gasteiger partial charge in [-0.2, -0.15) is 0 Å². The number of amides is 4. The van der Waals surface area contributed by atoms with Crippen molar-refractivity contribution in [3.63, 3.8) is 0 Å². The number of aliphatic carboxylic acids is 3. The van der Waals surface area contributed by atoms with Crippen LogP contribution < -0.4 is 21.7 Å². The van der Waals surface area contributed by atoms with Crippen LogP contribution in [0, 0.1) is 5.92 Å². The second kappa shape index (κ2) is 26.1. The molecule has 276 valence electrons. The van der Waals surface area contributed by atoms with Crippen molar-refractivity contribution < 1.29 is 48.9 Å². The zero-order valence-corrected chi connectivity index (χ0v) is 28.6. The molecule has 1 heterocycles. The summed E-state index contributed by atoms with van der Waals surface area (Å²) >= 11 is 0. The summed E-state index contributed by atoms with van der Waals surface area (Å²) in [6.45, 7) is 6.93. The molecule has 1 aliphatic rings. The predicted octanol–water partition coefficient (Wildman–Crippen LogP) is -2.48. The van der Waals surface area contributed by atoms with Gasteiger partial charge in [-0.25, -0.2) is 0 Å². The SMILES string of the molecule is CC(N)=O.CCC(C)CCCCNC(=O)CNC(=O)CNC(=O)CN1CCN(CC(=O)O)CCN(CC(=O)O)CCN(CC(=O)O)CC1. The molecule has 18 heteroatoms. The van der Waals surface area contributed by atoms with Crippen molar-refractivity contribution in [3.8, 4) is 0 Å². The predicted molar refractivity (Wildman–Crippen MR) is 176 cm³/mol. The van der Waals surface area contributed by atoms with E-state index >= 15 is 0 Å². The first kappa shape index (κ1) is 44.1. The van der Waals surface area contributed by atoms with Gasteiger partial charge in [0.15, 0.2) is 0 Å². The van der Waals surface area contributed by atoms with Crippen LogP contribution in [0.3, 0.4) is 0 Å². The molecule has 0 aromatic carbocycles. The summed E-state index contributed by atoms with van der Waals surface area (Å²) in [6, 6.07) is 0. The van der Waals surface area contributed by atoms with E-state index in [2.05, 4.69) is 35.5 Å². The Labute approximate surface area is 282 Å². The van der Waals surface area contributed by atoms with Crippen molar-refractivity contribution >= 4 is 41.5 Å². The van der Waals surface area contributed by atoms with Gasteiger partial charge in [0.05, 0.1) is 39.3 Å². The van der Waals surface area contributed by atoms with E-state index in [-0.39, 0.29) is 103 Å². The van der Waals surface area contributed by atoms with Crippen LogP contribution in [0.4, 0.5) is 0 Å². The number of nitrogens with two attached hydrogens (primary N) is 1. The van der Waals surface area contributed by atoms with Crippen LogP contribution in [0.2, 0.25) is 0 Å². The highest BCUT2D eigenvalue weighted by atomic mass is 16.4. The summed E-state index contributed by atoms with van der Waals surface area (Å²) in [6.07, 6.45) is 4.11. The van der Waals surface area contributed by atoms with Crippen molar-refractivity contribution in [1.29, 1.82) is 0 Å². The van der Waals surface area contributed by atoms with Gasteiger partial charge in [0.25, 0.3) is 0 Å². The van der Waals surface area contributed by atoms with Gasteiger partial charge in [-0.05, 0) is 12.3 Å². The number of carbonyl (C=O) groups excluding carboxylic acids is 4. The normalized spacial score (nSPS) is 16.1. The highest BCUT2D eigenvalue weighted by molar-refractivity contribution is 5.88. The number of carboxylic acid groups (broad SMARTS) is 3. The minimum absolute atomic E-state index is 0.114. The van der Waals surface area contributed by atoms with Crippen LogP contribution in [0.5, 0.6) is 0 Å². The molecule has 4 amide bonds. The van der Waals surface area contributed by atoms with Crippen LogP contribution in [0.15, 0.2) is 0 Å². The van der Waals surface area contributed by atoms with Gasteiger partial charge in [0.2, 0.25) is 23.6 Å². The van der Waals surface area contributed by atoms with E-state index in [1.807, 2.05) is 0 Å². The Kier molecular flexibility index (Phi) is 24.0. The fourth-order valence-electron chi connectivity index (χ4n) is 4.58. The van der Waals surface area contributed by atoms with Gasteiger partial charge in [-0.1, -0.05) is 33.1 Å². The molecule has 1 unspecified atom stereocenters. The Morgan fingerprint density at radius 1 is 0.604 bits per heavy atom. The van der Waals surface area contributed by atoms with Crippen LogP contribution in [-0.4, -0.2) is 175 Å². The molecule has 48 heavy (non-hydrogen) atoms. The molecule has 18 nitrogen and oxygen atoms in total. The zero-order valence-electron chi connectivity index (χ0n) is 28.6. The highest BCUT2D eigenvalue weighted by Gasteiger charge is 2.21. The lowest BCUT2D eigenvalue weighted by Crippen LogP contribution is -2.50. The molecule has 1 aliphatic heterocycles. The number of nitrogens with zero attached hydrogens (tertiary/aromatic N) is 4. The number of primary amides is 1. The van der Waals surface area contributed by atoms with Gasteiger partial charge in [-0.3, -0.25) is 53.2 Å². The van der Waals surface area contributed by atoms with E-state index in [4.69, 9.17) is 0 Å². The van der Waals surface area contributed by atoms with Crippen LogP contribution in [0.25, 0.3) is 0 Å². The topological polar surface area (TPSA) is 255 Å². The fraction of sp³-hybridized carbons (Fsp3) is 0.767. The van der Waals surface area contributed by atoms with E-state index in [0.29, 0.717) is 12.5 Å². The van der Waals surface area contributed by atoms with Crippen LogP contribution in [-0.2, 0) is 33.6 Å². The van der Waals surface area contributed by atoms with Gasteiger partial charge in [0, 0.05) is 65.8 Å². The minimum Gasteiger partial charge on any atom is -0.480 e. The number of nitrogens with one attached hydrogen (secondary N) is 3. The first-order chi connectivity index (χ1) is 22.6. The molecule has 1 rings (SSSR count). The molecule has 0 saturated carbocycles. The summed E-state index contributed by atoms with van der Waals surface area (Å²) in [7, 11) is 0. The van der Waals surface area contributed by atoms with Crippen molar-refractivity contribution in [3.05, 3.63) is 0 Å². The van der Waals surface area contributed by atoms with Crippen LogP contribution in [0.1, 0.15) is 46.5 Å². The number of hydrogen-bond acceptors (Lipinski definition) is 11. The first-order valence-electron chi connectivity index (χ1n) is 16.2. The number of hydrogen-bond donors (Lipinski definition) is 7. The van der Waals surface area contributed by atoms with E-state index in [1.165, 1.54) is 6.92 Å². The van der Waals surface area contributed by atoms with E-state index in [1.54, 1.807) is 19.6 Å². The van der Waals surface area contributed by atoms with Crippen molar-refractivity contribution in [2.45, 2.75) is 46.5 Å². The monoisotopic (exact) mass is 688 g/mol. The third-order valence-electron chi connectivity index (χ3n) is 7.41. The third-order valence-corrected chi connectivity index (χ3v) is 7.41. The maximum atomic E-state index is 12.7. The Morgan fingerprint density at radius 2 is 0.938 bits per heavy atom. The largest absolute Gasteiger partial charge is 0.480 e. The summed E-state index contributed by atoms with van der Waals surface area (Å²) in [5, 5.41) is 35.7. The van der Waals surface area contributed by atoms with Gasteiger partial charge in [-0.15, -0.1) is 0 Å². The van der Waals surface area contributed by atoms with Gasteiger partial charge < -0.3 is 37.0 Å². The Balaban J connectivity index is 0.00000520. The third kappa shape index (κ3) is 26.2. The standard InChI is InChI=1S/C28H51N7O9.C2H5NO/c1-3-22(2)6-4-5-7-29-23(36)16-30-24(37)17-31-25(38)18-32-8-10-33(19-26(39)40)12-14-35(21-28(43)44)15-13-34(11-9-32)20-27(41)42;1-2(3)4/h22H,3-21H2,1-2H3,(H,29,36)(H,30,37)(H,31,38)(H,39,40)(H,41,42)(H,43,44);1H3,(H2,3,4). The molecule has 8 N–H and O–H groups in total. The van der Waals surface area contributed by atoms with Gasteiger partial charge in [0.1, 0.15) is 0 Å². The van der Waals surface area contributed by atoms with E-state index in [0.717, 1.165) is 25.7 Å². The zero-order chi connectivity index (χ0) is 36.5. The molecule has 0 aromatic heterocycles. The smallest absolute Gasteiger partial charge is 0.317 e. The molecule has 0 aromatic rings. The second-order valence-electron chi connectivity index (χ2n) is 11.8. The van der Waals surface area contributed by atoms with Crippen LogP contribution >= 0.6 is 0 Å². The summed E-state index contributed by atoms with van der Waals surface area (Å²) in [5.41, 5.74) is 4.47. The number of carboxylic acids is 3. The second-order valence-corrected chi connectivity index (χ2v) is 11.8. The first-order valence-corrected chi connectivity index (χ1v) is 16.2. The Bertz CT molecular complexity index is 996. The lowest BCUT2D eigenvalue weighted by atomic mass is 10.0. The number of unbranched alkanes of at least 4 members (excludes halogenated alkanes) is 1. The molecule has 0 radical (unpaired) electrons. The number of carbonyl (C=O) groups is 7. The van der Waals surface area contributed by atoms with Crippen molar-refractivity contribution in [1.82, 2.24) is 35.6 Å². The lowest BCUT2D eigenvalue weighted by Gasteiger charge is -2.32. The van der Waals surface area contributed by atoms with E-state index < -0.39 is 29.7 Å². The molecule has 1 atom stereocenters. The van der Waals surface area contributed by atoms with Crippen molar-refractivity contribution in [2.75, 3.05) is 98.2 Å². The van der Waals surface area contributed by atoms with Crippen molar-refractivity contribution in [2.24, 2.45) is 11.7 Å². The summed E-state index contributed by atoms with van der Waals surface area (Å²) in [4.78, 5) is 86.9. The lowest BCUT2D eigenvalue weighted by molar-refractivity contribution is -0.140. The molecule has 0 bridgehead atoms. The Morgan fingerprint density at radius 3 is 1.29 bits per heavy atom. The molecule has 0 spiro atoms. The van der Waals surface area contributed by atoms with E-state index in [9.17, 15) is 48.9 Å². The number of rotatable bonds is 18. The maximum Gasteiger partial charge on any atom is 0.317 e. The summed E-state index contributed by atoms with van der Waals surface area (Å²) < 4.78 is 0. The quantitative estimate of drug-likeness (QED) is 0.0737. The Hall–Kier alpha value is -3.87. The van der Waals surface area contributed by atoms with Gasteiger partial charge >= 0.3 is 17.9 Å². The average molecular weight is 689 g/mol. The molecule has 0 aliphatic carbocycles. The molecule has 1 fully saturated rings. The summed E-state index contributed by atoms with van der Waals surface area (Å²) in [5.74, 6) is -4.09. The maximum absolute atomic E-state index is 12.7.